The standard InChI is InChI=1S/C6H11N3O5/c7-9-8-6-5(13)4(12)3(11)2(1-10)14-6/h2-6,10-13H,1H2/t2-,3+,4?,5-,6-/m1/s1. The van der Waals surface area contributed by atoms with Gasteiger partial charge in [-0.05, 0) is 5.53 Å². The van der Waals surface area contributed by atoms with Crippen LogP contribution >= 0.6 is 0 Å². The third kappa shape index (κ3) is 1.95. The lowest BCUT2D eigenvalue weighted by atomic mass is 9.99. The quantitative estimate of drug-likeness (QED) is 0.237. The van der Waals surface area contributed by atoms with Crippen LogP contribution in [-0.2, 0) is 4.74 Å². The van der Waals surface area contributed by atoms with Crippen molar-refractivity contribution in [3.8, 4) is 0 Å². The molecular formula is C6H11N3O5. The van der Waals surface area contributed by atoms with Gasteiger partial charge in [0.05, 0.1) is 6.61 Å². The Bertz CT molecular complexity index is 242. The first kappa shape index (κ1) is 11.2. The second kappa shape index (κ2) is 4.56. The maximum atomic E-state index is 9.27. The highest BCUT2D eigenvalue weighted by molar-refractivity contribution is 4.90. The van der Waals surface area contributed by atoms with Crippen molar-refractivity contribution in [1.82, 2.24) is 0 Å². The van der Waals surface area contributed by atoms with Crippen molar-refractivity contribution < 1.29 is 25.2 Å². The van der Waals surface area contributed by atoms with Gasteiger partial charge in [0, 0.05) is 4.91 Å². The van der Waals surface area contributed by atoms with Gasteiger partial charge in [-0.1, -0.05) is 5.11 Å². The molecule has 0 aromatic heterocycles. The largest absolute Gasteiger partial charge is 0.394 e. The molecule has 1 fully saturated rings. The molecule has 1 unspecified atom stereocenters. The molecule has 0 aromatic carbocycles. The monoisotopic (exact) mass is 205 g/mol. The first-order chi connectivity index (χ1) is 6.61. The van der Waals surface area contributed by atoms with E-state index in [9.17, 15) is 15.3 Å². The molecule has 1 rings (SSSR count). The summed E-state index contributed by atoms with van der Waals surface area (Å²) in [6.45, 7) is -0.539. The zero-order valence-corrected chi connectivity index (χ0v) is 7.13. The number of ether oxygens (including phenoxy) is 1. The van der Waals surface area contributed by atoms with E-state index < -0.39 is 37.3 Å². The Balaban J connectivity index is 2.77. The zero-order chi connectivity index (χ0) is 10.7. The summed E-state index contributed by atoms with van der Waals surface area (Å²) in [5.74, 6) is 0. The summed E-state index contributed by atoms with van der Waals surface area (Å²) in [6, 6.07) is 0. The molecule has 0 radical (unpaired) electrons. The number of rotatable bonds is 2. The van der Waals surface area contributed by atoms with Gasteiger partial charge in [0.25, 0.3) is 0 Å². The molecule has 1 heterocycles. The van der Waals surface area contributed by atoms with Crippen LogP contribution in [0.25, 0.3) is 10.4 Å². The minimum Gasteiger partial charge on any atom is -0.394 e. The van der Waals surface area contributed by atoms with Gasteiger partial charge in [-0.2, -0.15) is 0 Å². The molecule has 1 aliphatic rings. The number of nitrogens with zero attached hydrogens (tertiary/aromatic N) is 3. The van der Waals surface area contributed by atoms with E-state index in [0.717, 1.165) is 0 Å². The fourth-order valence-corrected chi connectivity index (χ4v) is 1.23. The zero-order valence-electron chi connectivity index (χ0n) is 7.13. The number of aliphatic hydroxyl groups excluding tert-OH is 4. The van der Waals surface area contributed by atoms with Crippen molar-refractivity contribution in [1.29, 1.82) is 0 Å². The average molecular weight is 205 g/mol. The van der Waals surface area contributed by atoms with Crippen LogP contribution in [0.1, 0.15) is 0 Å². The van der Waals surface area contributed by atoms with Crippen molar-refractivity contribution in [2.75, 3.05) is 6.61 Å². The fraction of sp³-hybridized carbons (Fsp3) is 1.00. The van der Waals surface area contributed by atoms with Crippen LogP contribution in [0.4, 0.5) is 0 Å². The van der Waals surface area contributed by atoms with Gasteiger partial charge in [-0.15, -0.1) is 0 Å². The highest BCUT2D eigenvalue weighted by atomic mass is 16.6. The van der Waals surface area contributed by atoms with E-state index in [0.29, 0.717) is 0 Å². The van der Waals surface area contributed by atoms with Crippen LogP contribution in [0, 0.1) is 0 Å². The smallest absolute Gasteiger partial charge is 0.165 e. The van der Waals surface area contributed by atoms with Crippen LogP contribution in [0.3, 0.4) is 0 Å². The number of hydrogen-bond donors (Lipinski definition) is 4. The summed E-state index contributed by atoms with van der Waals surface area (Å²) in [6.07, 6.45) is -6.76. The topological polar surface area (TPSA) is 139 Å². The maximum absolute atomic E-state index is 9.27. The van der Waals surface area contributed by atoms with Crippen molar-refractivity contribution in [2.45, 2.75) is 30.6 Å². The molecule has 14 heavy (non-hydrogen) atoms. The van der Waals surface area contributed by atoms with Crippen LogP contribution in [0.2, 0.25) is 0 Å². The van der Waals surface area contributed by atoms with Gasteiger partial charge in [0.15, 0.2) is 6.23 Å². The van der Waals surface area contributed by atoms with Crippen molar-refractivity contribution >= 4 is 0 Å². The molecule has 0 aromatic rings. The second-order valence-electron chi connectivity index (χ2n) is 2.92. The van der Waals surface area contributed by atoms with E-state index in [1.165, 1.54) is 0 Å². The van der Waals surface area contributed by atoms with Gasteiger partial charge in [-0.3, -0.25) is 0 Å². The third-order valence-electron chi connectivity index (χ3n) is 2.03. The first-order valence-corrected chi connectivity index (χ1v) is 3.96. The predicted molar refractivity (Wildman–Crippen MR) is 42.9 cm³/mol. The third-order valence-corrected chi connectivity index (χ3v) is 2.03. The van der Waals surface area contributed by atoms with Crippen LogP contribution in [0.15, 0.2) is 5.11 Å². The lowest BCUT2D eigenvalue weighted by molar-refractivity contribution is -0.227. The molecule has 0 spiro atoms. The van der Waals surface area contributed by atoms with E-state index in [1.807, 2.05) is 0 Å². The lowest BCUT2D eigenvalue weighted by Crippen LogP contribution is -2.57. The van der Waals surface area contributed by atoms with E-state index in [4.69, 9.17) is 15.4 Å². The number of aliphatic hydroxyl groups is 4. The van der Waals surface area contributed by atoms with Crippen molar-refractivity contribution in [3.63, 3.8) is 0 Å². The second-order valence-corrected chi connectivity index (χ2v) is 2.92. The molecule has 80 valence electrons. The molecular weight excluding hydrogens is 194 g/mol. The lowest BCUT2D eigenvalue weighted by Gasteiger charge is -2.37. The maximum Gasteiger partial charge on any atom is 0.165 e. The number of azide groups is 1. The van der Waals surface area contributed by atoms with Crippen LogP contribution in [0.5, 0.6) is 0 Å². The van der Waals surface area contributed by atoms with Crippen molar-refractivity contribution in [3.05, 3.63) is 10.4 Å². The molecule has 0 bridgehead atoms. The van der Waals surface area contributed by atoms with E-state index in [2.05, 4.69) is 10.0 Å². The molecule has 0 aliphatic carbocycles. The van der Waals surface area contributed by atoms with Gasteiger partial charge in [0.1, 0.15) is 24.4 Å². The SMILES string of the molecule is [N-]=[N+]=N[C@@H]1O[C@H](CO)[C@H](O)C(O)[C@H]1O. The molecule has 8 nitrogen and oxygen atoms in total. The summed E-state index contributed by atoms with van der Waals surface area (Å²) in [4.78, 5) is 2.40. The molecule has 8 heteroatoms. The van der Waals surface area contributed by atoms with E-state index in [-0.39, 0.29) is 0 Å². The van der Waals surface area contributed by atoms with E-state index >= 15 is 0 Å². The summed E-state index contributed by atoms with van der Waals surface area (Å²) in [7, 11) is 0. The Hall–Kier alpha value is -0.890. The minimum absolute atomic E-state index is 0.539. The van der Waals surface area contributed by atoms with Crippen molar-refractivity contribution in [2.24, 2.45) is 5.11 Å². The summed E-state index contributed by atoms with van der Waals surface area (Å²) < 4.78 is 4.84. The average Bonchev–Trinajstić information content (AvgIpc) is 2.19. The van der Waals surface area contributed by atoms with Gasteiger partial charge >= 0.3 is 0 Å². The van der Waals surface area contributed by atoms with Crippen LogP contribution in [-0.4, -0.2) is 57.7 Å². The molecule has 4 N–H and O–H groups in total. The fourth-order valence-electron chi connectivity index (χ4n) is 1.23. The van der Waals surface area contributed by atoms with Gasteiger partial charge < -0.3 is 25.2 Å². The van der Waals surface area contributed by atoms with Crippen LogP contribution < -0.4 is 0 Å². The molecule has 1 aliphatic heterocycles. The van der Waals surface area contributed by atoms with E-state index in [1.54, 1.807) is 0 Å². The highest BCUT2D eigenvalue weighted by Crippen LogP contribution is 2.21. The summed E-state index contributed by atoms with van der Waals surface area (Å²) in [5.41, 5.74) is 8.11. The Morgan fingerprint density at radius 2 is 1.86 bits per heavy atom. The molecule has 0 amide bonds. The normalized spacial score (nSPS) is 43.0. The molecule has 0 saturated carbocycles. The predicted octanol–water partition coefficient (Wildman–Crippen LogP) is -1.90. The summed E-state index contributed by atoms with van der Waals surface area (Å²) >= 11 is 0. The van der Waals surface area contributed by atoms with Gasteiger partial charge in [0.2, 0.25) is 0 Å². The first-order valence-electron chi connectivity index (χ1n) is 3.96. The Morgan fingerprint density at radius 3 is 2.36 bits per heavy atom. The minimum atomic E-state index is -1.50. The van der Waals surface area contributed by atoms with Gasteiger partial charge in [-0.25, -0.2) is 0 Å². The summed E-state index contributed by atoms with van der Waals surface area (Å²) in [5, 5.41) is 39.6. The number of hydrogen-bond acceptors (Lipinski definition) is 6. The Kier molecular flexibility index (Phi) is 3.64. The molecule has 5 atom stereocenters. The molecule has 1 saturated heterocycles. The Morgan fingerprint density at radius 1 is 1.21 bits per heavy atom. The Labute approximate surface area is 79.0 Å². The highest BCUT2D eigenvalue weighted by Gasteiger charge is 2.42.